The zero-order valence-corrected chi connectivity index (χ0v) is 17.1. The number of rotatable bonds is 6. The maximum Gasteiger partial charge on any atom is 0.313 e. The van der Waals surface area contributed by atoms with Crippen LogP contribution in [0.3, 0.4) is 0 Å². The molecule has 0 aliphatic carbocycles. The summed E-state index contributed by atoms with van der Waals surface area (Å²) in [7, 11) is -1.90. The Labute approximate surface area is 149 Å². The predicted molar refractivity (Wildman–Crippen MR) is 99.2 cm³/mol. The summed E-state index contributed by atoms with van der Waals surface area (Å²) in [6, 6.07) is -0.0779. The highest BCUT2D eigenvalue weighted by Crippen LogP contribution is 2.37. The predicted octanol–water partition coefficient (Wildman–Crippen LogP) is 3.60. The fourth-order valence-corrected chi connectivity index (χ4v) is 3.43. The van der Waals surface area contributed by atoms with Gasteiger partial charge in [0.25, 0.3) is 0 Å². The van der Waals surface area contributed by atoms with Crippen molar-refractivity contribution in [1.29, 1.82) is 0 Å². The summed E-state index contributed by atoms with van der Waals surface area (Å²) in [4.78, 5) is 24.2. The first-order chi connectivity index (χ1) is 11.5. The van der Waals surface area contributed by atoms with Crippen molar-refractivity contribution in [3.05, 3.63) is 18.3 Å². The average Bonchev–Trinajstić information content (AvgIpc) is 2.90. The molecule has 0 spiro atoms. The van der Waals surface area contributed by atoms with E-state index in [0.717, 1.165) is 0 Å². The lowest BCUT2D eigenvalue weighted by Gasteiger charge is -2.37. The van der Waals surface area contributed by atoms with Crippen molar-refractivity contribution in [2.75, 3.05) is 6.61 Å². The van der Waals surface area contributed by atoms with Gasteiger partial charge in [0.1, 0.15) is 23.6 Å². The number of carboxylic acid groups (broad SMARTS) is 1. The van der Waals surface area contributed by atoms with Gasteiger partial charge < -0.3 is 14.1 Å². The number of nitrogens with zero attached hydrogens (tertiary/aromatic N) is 4. The Morgan fingerprint density at radius 2 is 2.00 bits per heavy atom. The summed E-state index contributed by atoms with van der Waals surface area (Å²) < 4.78 is 8.20. The third-order valence-electron chi connectivity index (χ3n) is 5.07. The number of imidazole rings is 1. The van der Waals surface area contributed by atoms with Crippen LogP contribution in [0, 0.1) is 0 Å². The number of aromatic nitrogens is 4. The van der Waals surface area contributed by atoms with Crippen LogP contribution >= 0.6 is 0 Å². The minimum atomic E-state index is -1.90. The van der Waals surface area contributed by atoms with E-state index < -0.39 is 20.2 Å². The minimum Gasteiger partial charge on any atom is -0.481 e. The molecular formula is C17H28N4O3Si. The summed E-state index contributed by atoms with van der Waals surface area (Å²) in [6.07, 6.45) is 3.06. The molecule has 2 atom stereocenters. The van der Waals surface area contributed by atoms with Gasteiger partial charge in [-0.15, -0.1) is 0 Å². The summed E-state index contributed by atoms with van der Waals surface area (Å²) in [6.45, 7) is 15.1. The quantitative estimate of drug-likeness (QED) is 0.788. The number of fused-ring (bicyclic) bond motifs is 1. The molecule has 0 aliphatic rings. The van der Waals surface area contributed by atoms with E-state index in [-0.39, 0.29) is 11.1 Å². The van der Waals surface area contributed by atoms with Gasteiger partial charge in [-0.25, -0.2) is 15.0 Å². The monoisotopic (exact) mass is 364 g/mol. The molecule has 0 aromatic carbocycles. The minimum absolute atomic E-state index is 0.0779. The smallest absolute Gasteiger partial charge is 0.313 e. The van der Waals surface area contributed by atoms with Crippen molar-refractivity contribution in [1.82, 2.24) is 19.5 Å². The van der Waals surface area contributed by atoms with Gasteiger partial charge in [0.15, 0.2) is 14.0 Å². The van der Waals surface area contributed by atoms with E-state index in [1.807, 2.05) is 11.5 Å². The van der Waals surface area contributed by atoms with E-state index >= 15 is 0 Å². The fraction of sp³-hybridized carbons (Fsp3) is 0.647. The first-order valence-electron chi connectivity index (χ1n) is 8.50. The fourth-order valence-electron chi connectivity index (χ4n) is 2.34. The molecule has 2 heterocycles. The van der Waals surface area contributed by atoms with E-state index in [2.05, 4.69) is 48.8 Å². The molecule has 2 aromatic heterocycles. The Hall–Kier alpha value is -1.80. The van der Waals surface area contributed by atoms with E-state index in [1.54, 1.807) is 13.1 Å². The van der Waals surface area contributed by atoms with Crippen LogP contribution in [0.25, 0.3) is 11.2 Å². The van der Waals surface area contributed by atoms with Gasteiger partial charge in [0.05, 0.1) is 18.8 Å². The molecule has 0 saturated carbocycles. The molecule has 1 unspecified atom stereocenters. The molecule has 0 fully saturated rings. The van der Waals surface area contributed by atoms with Gasteiger partial charge in [0.2, 0.25) is 0 Å². The molecule has 0 saturated heterocycles. The van der Waals surface area contributed by atoms with Gasteiger partial charge in [-0.1, -0.05) is 20.8 Å². The van der Waals surface area contributed by atoms with E-state index in [4.69, 9.17) is 4.43 Å². The van der Waals surface area contributed by atoms with Gasteiger partial charge in [0, 0.05) is 0 Å². The Kier molecular flexibility index (Phi) is 5.34. The topological polar surface area (TPSA) is 90.1 Å². The number of aliphatic carboxylic acids is 1. The number of carbonyl (C=O) groups is 1. The highest BCUT2D eigenvalue weighted by molar-refractivity contribution is 6.74. The van der Waals surface area contributed by atoms with Gasteiger partial charge in [-0.3, -0.25) is 4.79 Å². The highest BCUT2D eigenvalue weighted by atomic mass is 28.4. The van der Waals surface area contributed by atoms with Crippen LogP contribution in [0.15, 0.2) is 12.5 Å². The molecule has 138 valence electrons. The third-order valence-corrected chi connectivity index (χ3v) is 9.57. The Balaban J connectivity index is 2.38. The van der Waals surface area contributed by atoms with Gasteiger partial charge >= 0.3 is 5.97 Å². The molecule has 8 heteroatoms. The Bertz CT molecular complexity index is 767. The largest absolute Gasteiger partial charge is 0.481 e. The van der Waals surface area contributed by atoms with Crippen molar-refractivity contribution in [3.63, 3.8) is 0 Å². The van der Waals surface area contributed by atoms with Crippen molar-refractivity contribution in [2.24, 2.45) is 0 Å². The van der Waals surface area contributed by atoms with Crippen molar-refractivity contribution < 1.29 is 14.3 Å². The summed E-state index contributed by atoms with van der Waals surface area (Å²) >= 11 is 0. The SMILES string of the molecule is CC(CO[Si](C)(C)C(C)(C)C)n1c([C@H](C)C(=O)O)nc2cncnc21. The van der Waals surface area contributed by atoms with Crippen LogP contribution in [0.2, 0.25) is 18.1 Å². The molecule has 25 heavy (non-hydrogen) atoms. The maximum absolute atomic E-state index is 11.5. The average molecular weight is 365 g/mol. The van der Waals surface area contributed by atoms with Crippen molar-refractivity contribution in [3.8, 4) is 0 Å². The Morgan fingerprint density at radius 1 is 1.36 bits per heavy atom. The lowest BCUT2D eigenvalue weighted by molar-refractivity contribution is -0.138. The van der Waals surface area contributed by atoms with Gasteiger partial charge in [-0.05, 0) is 32.0 Å². The number of carboxylic acids is 1. The maximum atomic E-state index is 11.5. The third kappa shape index (κ3) is 3.90. The normalized spacial score (nSPS) is 15.3. The molecule has 2 rings (SSSR count). The van der Waals surface area contributed by atoms with Crippen LogP contribution in [0.1, 0.15) is 52.4 Å². The van der Waals surface area contributed by atoms with Crippen LogP contribution in [-0.4, -0.2) is 45.5 Å². The number of hydrogen-bond acceptors (Lipinski definition) is 5. The molecule has 0 amide bonds. The summed E-state index contributed by atoms with van der Waals surface area (Å²) in [5, 5.41) is 9.53. The standard InChI is InChI=1S/C17H28N4O3Si/c1-11(9-24-25(6,7)17(3,4)5)21-14(12(2)16(22)23)20-13-8-18-10-19-15(13)21/h8,10-12H,9H2,1-7H3,(H,22,23)/t11?,12-/m0/s1. The molecule has 0 bridgehead atoms. The first kappa shape index (κ1) is 19.5. The second-order valence-corrected chi connectivity index (χ2v) is 12.9. The van der Waals surface area contributed by atoms with Gasteiger partial charge in [-0.2, -0.15) is 0 Å². The second kappa shape index (κ2) is 6.84. The highest BCUT2D eigenvalue weighted by Gasteiger charge is 2.37. The molecule has 7 nitrogen and oxygen atoms in total. The molecular weight excluding hydrogens is 336 g/mol. The lowest BCUT2D eigenvalue weighted by Crippen LogP contribution is -2.42. The molecule has 0 aliphatic heterocycles. The van der Waals surface area contributed by atoms with Crippen LogP contribution in [0.5, 0.6) is 0 Å². The molecule has 1 N–H and O–H groups in total. The van der Waals surface area contributed by atoms with Crippen molar-refractivity contribution >= 4 is 25.5 Å². The van der Waals surface area contributed by atoms with Crippen molar-refractivity contribution in [2.45, 2.75) is 64.7 Å². The van der Waals surface area contributed by atoms with Crippen LogP contribution in [-0.2, 0) is 9.22 Å². The van der Waals surface area contributed by atoms with E-state index in [9.17, 15) is 9.90 Å². The molecule has 0 radical (unpaired) electrons. The zero-order valence-electron chi connectivity index (χ0n) is 16.1. The summed E-state index contributed by atoms with van der Waals surface area (Å²) in [5.74, 6) is -1.17. The molecule has 2 aromatic rings. The summed E-state index contributed by atoms with van der Waals surface area (Å²) in [5.41, 5.74) is 1.24. The van der Waals surface area contributed by atoms with E-state index in [0.29, 0.717) is 23.6 Å². The number of hydrogen-bond donors (Lipinski definition) is 1. The Morgan fingerprint density at radius 3 is 2.56 bits per heavy atom. The lowest BCUT2D eigenvalue weighted by atomic mass is 10.1. The van der Waals surface area contributed by atoms with Crippen LogP contribution < -0.4 is 0 Å². The first-order valence-corrected chi connectivity index (χ1v) is 11.4. The second-order valence-electron chi connectivity index (χ2n) is 8.05. The van der Waals surface area contributed by atoms with E-state index in [1.165, 1.54) is 6.33 Å². The zero-order chi connectivity index (χ0) is 19.0. The van der Waals surface area contributed by atoms with Crippen LogP contribution in [0.4, 0.5) is 0 Å².